The molecule has 2 aromatic rings. The molecule has 4 rings (SSSR count). The van der Waals surface area contributed by atoms with E-state index in [9.17, 15) is 4.39 Å². The van der Waals surface area contributed by atoms with E-state index >= 15 is 0 Å². The summed E-state index contributed by atoms with van der Waals surface area (Å²) in [4.78, 5) is 7.09. The lowest BCUT2D eigenvalue weighted by Gasteiger charge is -2.29. The quantitative estimate of drug-likeness (QED) is 0.886. The molecule has 0 aliphatic carbocycles. The van der Waals surface area contributed by atoms with Gasteiger partial charge >= 0.3 is 0 Å². The zero-order chi connectivity index (χ0) is 16.4. The normalized spacial score (nSPS) is 18.1. The third-order valence-electron chi connectivity index (χ3n) is 4.70. The maximum absolute atomic E-state index is 13.9. The predicted molar refractivity (Wildman–Crippen MR) is 86.3 cm³/mol. The molecule has 1 fully saturated rings. The van der Waals surface area contributed by atoms with Crippen LogP contribution in [0.15, 0.2) is 36.5 Å². The van der Waals surface area contributed by atoms with Gasteiger partial charge in [-0.15, -0.1) is 0 Å². The van der Waals surface area contributed by atoms with Crippen molar-refractivity contribution in [3.05, 3.63) is 53.5 Å². The van der Waals surface area contributed by atoms with Crippen molar-refractivity contribution < 1.29 is 23.7 Å². The molecule has 2 aliphatic rings. The molecule has 5 nitrogen and oxygen atoms in total. The molecule has 2 N–H and O–H groups in total. The number of nitrogens with zero attached hydrogens (tertiary/aromatic N) is 1. The fraction of sp³-hybridized carbons (Fsp3) is 0.389. The third-order valence-corrected chi connectivity index (χ3v) is 4.70. The van der Waals surface area contributed by atoms with Gasteiger partial charge in [0.15, 0.2) is 6.79 Å². The molecule has 3 heterocycles. The van der Waals surface area contributed by atoms with Crippen LogP contribution in [0.1, 0.15) is 11.1 Å². The minimum absolute atomic E-state index is 0.213. The Morgan fingerprint density at radius 3 is 2.88 bits per heavy atom. The summed E-state index contributed by atoms with van der Waals surface area (Å²) in [7, 11) is 0. The third kappa shape index (κ3) is 3.20. The Hall–Kier alpha value is -2.18. The van der Waals surface area contributed by atoms with E-state index in [1.807, 2.05) is 18.3 Å². The lowest BCUT2D eigenvalue weighted by atomic mass is 10.1. The zero-order valence-electron chi connectivity index (χ0n) is 13.6. The molecule has 0 bridgehead atoms. The minimum atomic E-state index is -0.213. The second kappa shape index (κ2) is 6.75. The maximum atomic E-state index is 13.9. The van der Waals surface area contributed by atoms with Crippen molar-refractivity contribution in [1.82, 2.24) is 0 Å². The number of halogens is 1. The smallest absolute Gasteiger partial charge is 0.274 e. The Morgan fingerprint density at radius 1 is 1.21 bits per heavy atom. The largest absolute Gasteiger partial charge is 0.467 e. The molecule has 0 saturated carbocycles. The Kier molecular flexibility index (Phi) is 4.32. The van der Waals surface area contributed by atoms with Gasteiger partial charge in [-0.3, -0.25) is 4.90 Å². The van der Waals surface area contributed by atoms with Gasteiger partial charge in [0, 0.05) is 11.6 Å². The minimum Gasteiger partial charge on any atom is -0.467 e. The first-order chi connectivity index (χ1) is 11.8. The molecule has 126 valence electrons. The summed E-state index contributed by atoms with van der Waals surface area (Å²) in [6.45, 7) is 5.46. The molecule has 1 saturated heterocycles. The van der Waals surface area contributed by atoms with Crippen molar-refractivity contribution in [3.63, 3.8) is 0 Å². The van der Waals surface area contributed by atoms with Crippen LogP contribution in [0.4, 0.5) is 10.2 Å². The summed E-state index contributed by atoms with van der Waals surface area (Å²) < 4.78 is 24.7. The van der Waals surface area contributed by atoms with E-state index in [4.69, 9.17) is 9.47 Å². The van der Waals surface area contributed by atoms with Gasteiger partial charge < -0.3 is 14.4 Å². The first-order valence-corrected chi connectivity index (χ1v) is 8.37. The fourth-order valence-corrected chi connectivity index (χ4v) is 3.48. The van der Waals surface area contributed by atoms with Crippen LogP contribution < -0.4 is 19.5 Å². The fourth-order valence-electron chi connectivity index (χ4n) is 3.48. The van der Waals surface area contributed by atoms with E-state index in [1.54, 1.807) is 6.07 Å². The van der Waals surface area contributed by atoms with Crippen LogP contribution in [0.25, 0.3) is 0 Å². The monoisotopic (exact) mass is 331 g/mol. The van der Waals surface area contributed by atoms with E-state index in [0.29, 0.717) is 6.61 Å². The van der Waals surface area contributed by atoms with Crippen LogP contribution in [0, 0.1) is 5.82 Å². The van der Waals surface area contributed by atoms with Crippen LogP contribution in [0.5, 0.6) is 5.75 Å². The van der Waals surface area contributed by atoms with Crippen LogP contribution in [-0.4, -0.2) is 33.0 Å². The van der Waals surface area contributed by atoms with E-state index < -0.39 is 0 Å². The number of H-pyrrole nitrogens is 1. The SMILES string of the molecule is Fc1cc2c(c(C[NH+]3CCN(c4cccc[nH+]4)CC3)c1)OCOC2. The molecular formula is C18H22FN3O2+2. The number of aromatic nitrogens is 1. The number of pyridine rings is 1. The number of benzene rings is 1. The molecule has 0 amide bonds. The number of fused-ring (bicyclic) bond motifs is 1. The lowest BCUT2D eigenvalue weighted by Crippen LogP contribution is -3.13. The van der Waals surface area contributed by atoms with Crippen molar-refractivity contribution >= 4 is 5.82 Å². The summed E-state index contributed by atoms with van der Waals surface area (Å²) >= 11 is 0. The Morgan fingerprint density at radius 2 is 2.08 bits per heavy atom. The van der Waals surface area contributed by atoms with Gasteiger partial charge in [-0.05, 0) is 18.2 Å². The van der Waals surface area contributed by atoms with Crippen LogP contribution in [0.3, 0.4) is 0 Å². The Bertz CT molecular complexity index is 703. The number of piperazine rings is 1. The summed E-state index contributed by atoms with van der Waals surface area (Å²) in [5.41, 5.74) is 1.76. The van der Waals surface area contributed by atoms with E-state index in [2.05, 4.69) is 16.0 Å². The first-order valence-electron chi connectivity index (χ1n) is 8.37. The van der Waals surface area contributed by atoms with Gasteiger partial charge in [-0.1, -0.05) is 6.07 Å². The van der Waals surface area contributed by atoms with E-state index in [0.717, 1.165) is 55.4 Å². The van der Waals surface area contributed by atoms with Crippen molar-refractivity contribution in [2.24, 2.45) is 0 Å². The predicted octanol–water partition coefficient (Wildman–Crippen LogP) is 0.411. The van der Waals surface area contributed by atoms with Gasteiger partial charge in [-0.25, -0.2) is 9.37 Å². The molecule has 0 atom stereocenters. The van der Waals surface area contributed by atoms with Crippen LogP contribution in [0.2, 0.25) is 0 Å². The topological polar surface area (TPSA) is 40.3 Å². The molecule has 24 heavy (non-hydrogen) atoms. The average Bonchev–Trinajstić information content (AvgIpc) is 2.63. The molecule has 0 unspecified atom stereocenters. The van der Waals surface area contributed by atoms with Crippen LogP contribution >= 0.6 is 0 Å². The number of rotatable bonds is 3. The highest BCUT2D eigenvalue weighted by molar-refractivity contribution is 5.42. The number of aromatic amines is 1. The van der Waals surface area contributed by atoms with Gasteiger partial charge in [-0.2, -0.15) is 0 Å². The highest BCUT2D eigenvalue weighted by Crippen LogP contribution is 2.28. The second-order valence-corrected chi connectivity index (χ2v) is 6.33. The van der Waals surface area contributed by atoms with Crippen molar-refractivity contribution in [2.75, 3.05) is 37.9 Å². The second-order valence-electron chi connectivity index (χ2n) is 6.33. The Labute approximate surface area is 140 Å². The van der Waals surface area contributed by atoms with Crippen molar-refractivity contribution in [1.29, 1.82) is 0 Å². The summed E-state index contributed by atoms with van der Waals surface area (Å²) in [6.07, 6.45) is 1.95. The zero-order valence-corrected chi connectivity index (χ0v) is 13.6. The number of quaternary nitrogens is 1. The molecule has 1 aromatic carbocycles. The van der Waals surface area contributed by atoms with Gasteiger partial charge in [0.2, 0.25) is 0 Å². The summed E-state index contributed by atoms with van der Waals surface area (Å²) in [5, 5.41) is 0. The van der Waals surface area contributed by atoms with Gasteiger partial charge in [0.25, 0.3) is 5.82 Å². The number of ether oxygens (including phenoxy) is 2. The standard InChI is InChI=1S/C18H20FN3O2/c19-16-9-14(18-15(10-16)12-23-13-24-18)11-21-5-7-22(8-6-21)17-3-1-2-4-20-17/h1-4,9-10H,5-8,11-13H2/p+2. The molecule has 0 spiro atoms. The molecule has 2 aliphatic heterocycles. The molecular weight excluding hydrogens is 309 g/mol. The van der Waals surface area contributed by atoms with Crippen LogP contribution in [-0.2, 0) is 17.9 Å². The number of anilines is 1. The Balaban J connectivity index is 1.43. The van der Waals surface area contributed by atoms with Crippen molar-refractivity contribution in [3.8, 4) is 5.75 Å². The van der Waals surface area contributed by atoms with Gasteiger partial charge in [0.1, 0.15) is 44.3 Å². The van der Waals surface area contributed by atoms with Gasteiger partial charge in [0.05, 0.1) is 18.4 Å². The number of hydrogen-bond donors (Lipinski definition) is 1. The molecule has 0 radical (unpaired) electrons. The van der Waals surface area contributed by atoms with E-state index in [1.165, 1.54) is 11.0 Å². The van der Waals surface area contributed by atoms with Crippen molar-refractivity contribution in [2.45, 2.75) is 13.2 Å². The summed E-state index contributed by atoms with van der Waals surface area (Å²) in [6, 6.07) is 9.25. The number of nitrogens with one attached hydrogen (secondary N) is 2. The lowest BCUT2D eigenvalue weighted by molar-refractivity contribution is -0.914. The maximum Gasteiger partial charge on any atom is 0.274 e. The average molecular weight is 331 g/mol. The number of hydrogen-bond acceptors (Lipinski definition) is 3. The summed E-state index contributed by atoms with van der Waals surface area (Å²) in [5.74, 6) is 1.75. The molecule has 6 heteroatoms. The highest BCUT2D eigenvalue weighted by atomic mass is 19.1. The highest BCUT2D eigenvalue weighted by Gasteiger charge is 2.27. The molecule has 1 aromatic heterocycles. The van der Waals surface area contributed by atoms with E-state index in [-0.39, 0.29) is 12.6 Å². The first kappa shape index (κ1) is 15.4.